The lowest BCUT2D eigenvalue weighted by Gasteiger charge is -2.24. The average molecular weight is 319 g/mol. The van der Waals surface area contributed by atoms with Crippen LogP contribution in [0.1, 0.15) is 30.3 Å². The molecule has 1 aromatic heterocycles. The van der Waals surface area contributed by atoms with Crippen LogP contribution in [0, 0.1) is 0 Å². The molecule has 22 heavy (non-hydrogen) atoms. The standard InChI is InChI=1S/C16H21N3O2S/c1-20-10-8-15-17-16(22-18-15)19-9-4-7-14(19)12-5-3-6-13(11-12)21-2/h3,5-6,11,14H,4,7-10H2,1-2H3. The zero-order valence-corrected chi connectivity index (χ0v) is 13.8. The van der Waals surface area contributed by atoms with Crippen LogP contribution in [0.5, 0.6) is 5.75 Å². The second-order valence-electron chi connectivity index (χ2n) is 5.36. The average Bonchev–Trinajstić information content (AvgIpc) is 3.21. The maximum absolute atomic E-state index is 5.35. The molecule has 0 spiro atoms. The van der Waals surface area contributed by atoms with E-state index in [1.54, 1.807) is 14.2 Å². The van der Waals surface area contributed by atoms with Crippen LogP contribution < -0.4 is 9.64 Å². The molecule has 0 saturated carbocycles. The van der Waals surface area contributed by atoms with Crippen molar-refractivity contribution in [3.8, 4) is 5.75 Å². The summed E-state index contributed by atoms with van der Waals surface area (Å²) in [7, 11) is 3.41. The van der Waals surface area contributed by atoms with Crippen molar-refractivity contribution in [1.82, 2.24) is 9.36 Å². The highest BCUT2D eigenvalue weighted by molar-refractivity contribution is 7.09. The van der Waals surface area contributed by atoms with Crippen LogP contribution >= 0.6 is 11.5 Å². The SMILES string of the molecule is COCCc1nsc(N2CCCC2c2cccc(OC)c2)n1. The van der Waals surface area contributed by atoms with Crippen molar-refractivity contribution in [2.75, 3.05) is 32.3 Å². The van der Waals surface area contributed by atoms with Gasteiger partial charge in [-0.15, -0.1) is 0 Å². The van der Waals surface area contributed by atoms with Crippen LogP contribution in [-0.2, 0) is 11.2 Å². The van der Waals surface area contributed by atoms with Gasteiger partial charge in [-0.05, 0) is 30.5 Å². The molecule has 118 valence electrons. The predicted octanol–water partition coefficient (Wildman–Crippen LogP) is 3.08. The molecule has 0 radical (unpaired) electrons. The summed E-state index contributed by atoms with van der Waals surface area (Å²) < 4.78 is 14.9. The third-order valence-corrected chi connectivity index (χ3v) is 4.76. The summed E-state index contributed by atoms with van der Waals surface area (Å²) in [5, 5.41) is 1.01. The van der Waals surface area contributed by atoms with Crippen LogP contribution in [0.15, 0.2) is 24.3 Å². The maximum atomic E-state index is 5.35. The molecule has 3 rings (SSSR count). The topological polar surface area (TPSA) is 47.5 Å². The summed E-state index contributed by atoms with van der Waals surface area (Å²) >= 11 is 1.48. The summed E-state index contributed by atoms with van der Waals surface area (Å²) in [6.07, 6.45) is 3.08. The molecule has 1 aliphatic rings. The molecular formula is C16H21N3O2S. The Bertz CT molecular complexity index is 617. The summed E-state index contributed by atoms with van der Waals surface area (Å²) in [5.74, 6) is 1.78. The van der Waals surface area contributed by atoms with E-state index in [4.69, 9.17) is 9.47 Å². The molecule has 1 aromatic carbocycles. The molecular weight excluding hydrogens is 298 g/mol. The number of rotatable bonds is 6. The van der Waals surface area contributed by atoms with E-state index < -0.39 is 0 Å². The fourth-order valence-corrected chi connectivity index (χ4v) is 3.64. The molecule has 2 aromatic rings. The molecule has 2 heterocycles. The first-order valence-electron chi connectivity index (χ1n) is 7.54. The molecule has 1 saturated heterocycles. The van der Waals surface area contributed by atoms with Crippen LogP contribution in [0.2, 0.25) is 0 Å². The van der Waals surface area contributed by atoms with E-state index in [9.17, 15) is 0 Å². The minimum absolute atomic E-state index is 0.360. The quantitative estimate of drug-likeness (QED) is 0.819. The second-order valence-corrected chi connectivity index (χ2v) is 6.09. The second kappa shape index (κ2) is 7.07. The van der Waals surface area contributed by atoms with Gasteiger partial charge in [-0.2, -0.15) is 4.37 Å². The Morgan fingerprint density at radius 2 is 2.27 bits per heavy atom. The van der Waals surface area contributed by atoms with Crippen LogP contribution in [0.4, 0.5) is 5.13 Å². The van der Waals surface area contributed by atoms with Gasteiger partial charge in [0, 0.05) is 31.6 Å². The number of benzene rings is 1. The van der Waals surface area contributed by atoms with Gasteiger partial charge in [0.05, 0.1) is 19.8 Å². The Labute approximate surface area is 135 Å². The Morgan fingerprint density at radius 1 is 1.36 bits per heavy atom. The Morgan fingerprint density at radius 3 is 3.09 bits per heavy atom. The molecule has 1 unspecified atom stereocenters. The normalized spacial score (nSPS) is 17.9. The number of aromatic nitrogens is 2. The summed E-state index contributed by atoms with van der Waals surface area (Å²) in [6.45, 7) is 1.69. The number of anilines is 1. The number of hydrogen-bond acceptors (Lipinski definition) is 6. The van der Waals surface area contributed by atoms with Crippen molar-refractivity contribution in [3.63, 3.8) is 0 Å². The third kappa shape index (κ3) is 3.23. The molecule has 0 bridgehead atoms. The zero-order chi connectivity index (χ0) is 15.4. The van der Waals surface area contributed by atoms with Crippen LogP contribution in [-0.4, -0.2) is 36.7 Å². The number of ether oxygens (including phenoxy) is 2. The van der Waals surface area contributed by atoms with Gasteiger partial charge in [0.2, 0.25) is 5.13 Å². The molecule has 1 atom stereocenters. The minimum atomic E-state index is 0.360. The predicted molar refractivity (Wildman–Crippen MR) is 87.8 cm³/mol. The van der Waals surface area contributed by atoms with Crippen molar-refractivity contribution in [2.24, 2.45) is 0 Å². The lowest BCUT2D eigenvalue weighted by atomic mass is 10.0. The Balaban J connectivity index is 1.79. The minimum Gasteiger partial charge on any atom is -0.497 e. The summed E-state index contributed by atoms with van der Waals surface area (Å²) in [5.41, 5.74) is 1.28. The van der Waals surface area contributed by atoms with E-state index in [0.29, 0.717) is 12.6 Å². The van der Waals surface area contributed by atoms with Gasteiger partial charge in [0.1, 0.15) is 11.6 Å². The molecule has 0 aliphatic carbocycles. The first-order chi connectivity index (χ1) is 10.8. The first kappa shape index (κ1) is 15.2. The summed E-state index contributed by atoms with van der Waals surface area (Å²) in [4.78, 5) is 7.03. The smallest absolute Gasteiger partial charge is 0.205 e. The van der Waals surface area contributed by atoms with E-state index in [1.807, 2.05) is 6.07 Å². The van der Waals surface area contributed by atoms with Gasteiger partial charge in [0.25, 0.3) is 0 Å². The van der Waals surface area contributed by atoms with Crippen molar-refractivity contribution >= 4 is 16.7 Å². The van der Waals surface area contributed by atoms with Gasteiger partial charge in [-0.3, -0.25) is 0 Å². The van der Waals surface area contributed by atoms with Crippen LogP contribution in [0.25, 0.3) is 0 Å². The van der Waals surface area contributed by atoms with Crippen molar-refractivity contribution in [2.45, 2.75) is 25.3 Å². The van der Waals surface area contributed by atoms with E-state index in [2.05, 4.69) is 32.5 Å². The Kier molecular flexibility index (Phi) is 4.90. The molecule has 6 heteroatoms. The number of methoxy groups -OCH3 is 2. The first-order valence-corrected chi connectivity index (χ1v) is 8.31. The lowest BCUT2D eigenvalue weighted by molar-refractivity contribution is 0.201. The van der Waals surface area contributed by atoms with Gasteiger partial charge in [-0.1, -0.05) is 12.1 Å². The monoisotopic (exact) mass is 319 g/mol. The summed E-state index contributed by atoms with van der Waals surface area (Å²) in [6, 6.07) is 8.68. The molecule has 5 nitrogen and oxygen atoms in total. The third-order valence-electron chi connectivity index (χ3n) is 3.96. The zero-order valence-electron chi connectivity index (χ0n) is 13.0. The van der Waals surface area contributed by atoms with Crippen molar-refractivity contribution < 1.29 is 9.47 Å². The highest BCUT2D eigenvalue weighted by atomic mass is 32.1. The molecule has 0 amide bonds. The van der Waals surface area contributed by atoms with E-state index in [0.717, 1.165) is 36.1 Å². The highest BCUT2D eigenvalue weighted by Crippen LogP contribution is 2.37. The fraction of sp³-hybridized carbons (Fsp3) is 0.500. The van der Waals surface area contributed by atoms with E-state index in [-0.39, 0.29) is 0 Å². The largest absolute Gasteiger partial charge is 0.497 e. The fourth-order valence-electron chi connectivity index (χ4n) is 2.85. The van der Waals surface area contributed by atoms with Crippen molar-refractivity contribution in [3.05, 3.63) is 35.7 Å². The lowest BCUT2D eigenvalue weighted by Crippen LogP contribution is -2.22. The number of nitrogens with zero attached hydrogens (tertiary/aromatic N) is 3. The Hall–Kier alpha value is -1.66. The maximum Gasteiger partial charge on any atom is 0.205 e. The van der Waals surface area contributed by atoms with Gasteiger partial charge >= 0.3 is 0 Å². The van der Waals surface area contributed by atoms with E-state index >= 15 is 0 Å². The number of hydrogen-bond donors (Lipinski definition) is 0. The van der Waals surface area contributed by atoms with Crippen molar-refractivity contribution in [1.29, 1.82) is 0 Å². The van der Waals surface area contributed by atoms with Gasteiger partial charge in [-0.25, -0.2) is 4.98 Å². The molecule has 1 fully saturated rings. The van der Waals surface area contributed by atoms with E-state index in [1.165, 1.54) is 23.5 Å². The van der Waals surface area contributed by atoms with Gasteiger partial charge < -0.3 is 14.4 Å². The molecule has 0 N–H and O–H groups in total. The molecule has 1 aliphatic heterocycles. The highest BCUT2D eigenvalue weighted by Gasteiger charge is 2.28. The van der Waals surface area contributed by atoms with Gasteiger partial charge in [0.15, 0.2) is 0 Å². The van der Waals surface area contributed by atoms with Crippen LogP contribution in [0.3, 0.4) is 0 Å².